The van der Waals surface area contributed by atoms with E-state index in [1.54, 1.807) is 0 Å². The number of carbonyl (C=O) groups excluding carboxylic acids is 1. The van der Waals surface area contributed by atoms with Gasteiger partial charge in [-0.05, 0) is 24.8 Å². The summed E-state index contributed by atoms with van der Waals surface area (Å²) in [5.74, 6) is -0.294. The molecule has 0 radical (unpaired) electrons. The molecule has 1 fully saturated rings. The van der Waals surface area contributed by atoms with Gasteiger partial charge in [-0.2, -0.15) is 0 Å². The van der Waals surface area contributed by atoms with Crippen molar-refractivity contribution in [2.75, 3.05) is 0 Å². The van der Waals surface area contributed by atoms with Crippen LogP contribution in [-0.2, 0) is 0 Å². The van der Waals surface area contributed by atoms with E-state index in [0.717, 1.165) is 25.7 Å². The summed E-state index contributed by atoms with van der Waals surface area (Å²) in [7, 11) is 0. The fraction of sp³-hybridized carbons (Fsp3) is 0.500. The van der Waals surface area contributed by atoms with Gasteiger partial charge in [0.2, 0.25) is 5.56 Å². The third-order valence-electron chi connectivity index (χ3n) is 3.85. The number of hydrogen-bond acceptors (Lipinski definition) is 4. The van der Waals surface area contributed by atoms with Crippen molar-refractivity contribution in [3.05, 3.63) is 34.2 Å². The standard InChI is InChI=1S/C14H20N4O3/c15-13(18-21)12(9-5-2-1-3-6-9)17-14(20)10-7-4-8-11(19)16-10/h4,7-9,12,21H,1-3,5-6H2,(H2,15,18)(H,16,19)(H,17,20). The van der Waals surface area contributed by atoms with E-state index >= 15 is 0 Å². The lowest BCUT2D eigenvalue weighted by atomic mass is 9.83. The van der Waals surface area contributed by atoms with Gasteiger partial charge in [0.25, 0.3) is 5.91 Å². The van der Waals surface area contributed by atoms with Crippen LogP contribution in [0, 0.1) is 5.92 Å². The molecular weight excluding hydrogens is 272 g/mol. The van der Waals surface area contributed by atoms with Gasteiger partial charge in [-0.1, -0.05) is 30.5 Å². The summed E-state index contributed by atoms with van der Waals surface area (Å²) in [4.78, 5) is 25.9. The number of amidine groups is 1. The fourth-order valence-electron chi connectivity index (χ4n) is 2.76. The van der Waals surface area contributed by atoms with Crippen LogP contribution in [0.4, 0.5) is 0 Å². The van der Waals surface area contributed by atoms with Gasteiger partial charge in [-0.25, -0.2) is 0 Å². The minimum Gasteiger partial charge on any atom is -0.409 e. The number of rotatable bonds is 4. The molecule has 1 aromatic heterocycles. The molecule has 1 amide bonds. The summed E-state index contributed by atoms with van der Waals surface area (Å²) in [6.45, 7) is 0. The highest BCUT2D eigenvalue weighted by Crippen LogP contribution is 2.26. The van der Waals surface area contributed by atoms with E-state index in [1.165, 1.54) is 24.6 Å². The second kappa shape index (κ2) is 6.92. The number of carbonyl (C=O) groups is 1. The van der Waals surface area contributed by atoms with E-state index in [0.29, 0.717) is 0 Å². The number of hydrogen-bond donors (Lipinski definition) is 4. The van der Waals surface area contributed by atoms with E-state index < -0.39 is 11.9 Å². The Balaban J connectivity index is 2.14. The zero-order valence-electron chi connectivity index (χ0n) is 11.7. The maximum absolute atomic E-state index is 12.2. The molecular formula is C14H20N4O3. The first kappa shape index (κ1) is 15.1. The minimum absolute atomic E-state index is 0.00599. The maximum atomic E-state index is 12.2. The quantitative estimate of drug-likeness (QED) is 0.284. The van der Waals surface area contributed by atoms with Crippen LogP contribution in [0.1, 0.15) is 42.6 Å². The Morgan fingerprint density at radius 1 is 1.38 bits per heavy atom. The molecule has 0 aromatic carbocycles. The van der Waals surface area contributed by atoms with Crippen molar-refractivity contribution in [2.24, 2.45) is 16.8 Å². The van der Waals surface area contributed by atoms with Gasteiger partial charge in [0.15, 0.2) is 5.84 Å². The number of H-pyrrole nitrogens is 1. The summed E-state index contributed by atoms with van der Waals surface area (Å²) < 4.78 is 0. The molecule has 5 N–H and O–H groups in total. The normalized spacial score (nSPS) is 18.2. The Labute approximate surface area is 122 Å². The van der Waals surface area contributed by atoms with Crippen molar-refractivity contribution in [3.8, 4) is 0 Å². The van der Waals surface area contributed by atoms with Crippen LogP contribution in [0.2, 0.25) is 0 Å². The molecule has 1 heterocycles. The average molecular weight is 292 g/mol. The molecule has 1 aromatic rings. The van der Waals surface area contributed by atoms with Crippen LogP contribution in [-0.4, -0.2) is 28.0 Å². The van der Waals surface area contributed by atoms with Crippen molar-refractivity contribution < 1.29 is 10.0 Å². The first-order chi connectivity index (χ1) is 10.1. The fourth-order valence-corrected chi connectivity index (χ4v) is 2.76. The third-order valence-corrected chi connectivity index (χ3v) is 3.85. The zero-order chi connectivity index (χ0) is 15.2. The lowest BCUT2D eigenvalue weighted by Crippen LogP contribution is -2.50. The maximum Gasteiger partial charge on any atom is 0.268 e. The Morgan fingerprint density at radius 3 is 2.71 bits per heavy atom. The number of aromatic nitrogens is 1. The highest BCUT2D eigenvalue weighted by Gasteiger charge is 2.28. The summed E-state index contributed by atoms with van der Waals surface area (Å²) >= 11 is 0. The van der Waals surface area contributed by atoms with Gasteiger partial charge in [0.05, 0.1) is 6.04 Å². The number of nitrogens with one attached hydrogen (secondary N) is 2. The molecule has 0 aliphatic heterocycles. The SMILES string of the molecule is N/C(=N/O)C(NC(=O)c1cccc(=O)[nH]1)C1CCCCC1. The van der Waals surface area contributed by atoms with Crippen LogP contribution >= 0.6 is 0 Å². The van der Waals surface area contributed by atoms with E-state index in [2.05, 4.69) is 15.5 Å². The second-order valence-electron chi connectivity index (χ2n) is 5.30. The van der Waals surface area contributed by atoms with Gasteiger partial charge in [0, 0.05) is 6.07 Å². The van der Waals surface area contributed by atoms with Crippen molar-refractivity contribution >= 4 is 11.7 Å². The lowest BCUT2D eigenvalue weighted by Gasteiger charge is -2.29. The predicted molar refractivity (Wildman–Crippen MR) is 78.3 cm³/mol. The summed E-state index contributed by atoms with van der Waals surface area (Å²) in [5, 5.41) is 14.7. The van der Waals surface area contributed by atoms with Crippen LogP contribution in [0.15, 0.2) is 28.1 Å². The Hall–Kier alpha value is -2.31. The smallest absolute Gasteiger partial charge is 0.268 e. The van der Waals surface area contributed by atoms with Crippen LogP contribution in [0.5, 0.6) is 0 Å². The van der Waals surface area contributed by atoms with Gasteiger partial charge in [0.1, 0.15) is 5.69 Å². The first-order valence-electron chi connectivity index (χ1n) is 7.09. The van der Waals surface area contributed by atoms with E-state index in [4.69, 9.17) is 10.9 Å². The topological polar surface area (TPSA) is 121 Å². The summed E-state index contributed by atoms with van der Waals surface area (Å²) in [6, 6.07) is 3.83. The van der Waals surface area contributed by atoms with E-state index in [1.807, 2.05) is 0 Å². The molecule has 1 aliphatic carbocycles. The molecule has 0 spiro atoms. The largest absolute Gasteiger partial charge is 0.409 e. The van der Waals surface area contributed by atoms with E-state index in [-0.39, 0.29) is 23.0 Å². The highest BCUT2D eigenvalue weighted by atomic mass is 16.4. The predicted octanol–water partition coefficient (Wildman–Crippen LogP) is 0.800. The third kappa shape index (κ3) is 3.84. The Morgan fingerprint density at radius 2 is 2.10 bits per heavy atom. The monoisotopic (exact) mass is 292 g/mol. The zero-order valence-corrected chi connectivity index (χ0v) is 11.7. The molecule has 0 saturated heterocycles. The van der Waals surface area contributed by atoms with Gasteiger partial charge in [-0.3, -0.25) is 9.59 Å². The number of amides is 1. The number of aromatic amines is 1. The molecule has 1 atom stereocenters. The highest BCUT2D eigenvalue weighted by molar-refractivity contribution is 5.97. The van der Waals surface area contributed by atoms with Crippen LogP contribution in [0.3, 0.4) is 0 Å². The Kier molecular flexibility index (Phi) is 4.97. The molecule has 21 heavy (non-hydrogen) atoms. The first-order valence-corrected chi connectivity index (χ1v) is 7.09. The summed E-state index contributed by atoms with van der Waals surface area (Å²) in [6.07, 6.45) is 5.15. The lowest BCUT2D eigenvalue weighted by molar-refractivity contribution is 0.0925. The average Bonchev–Trinajstić information content (AvgIpc) is 2.52. The van der Waals surface area contributed by atoms with Crippen molar-refractivity contribution in [1.29, 1.82) is 0 Å². The molecule has 1 aliphatic rings. The van der Waals surface area contributed by atoms with E-state index in [9.17, 15) is 9.59 Å². The molecule has 0 bridgehead atoms. The number of pyridine rings is 1. The Bertz CT molecular complexity index is 576. The molecule has 7 heteroatoms. The summed E-state index contributed by atoms with van der Waals surface area (Å²) in [5.41, 5.74) is 5.53. The molecule has 1 unspecified atom stereocenters. The second-order valence-corrected chi connectivity index (χ2v) is 5.30. The van der Waals surface area contributed by atoms with Crippen LogP contribution in [0.25, 0.3) is 0 Å². The van der Waals surface area contributed by atoms with Gasteiger partial charge in [-0.15, -0.1) is 0 Å². The van der Waals surface area contributed by atoms with Crippen LogP contribution < -0.4 is 16.6 Å². The van der Waals surface area contributed by atoms with Crippen molar-refractivity contribution in [2.45, 2.75) is 38.1 Å². The molecule has 2 rings (SSSR count). The number of nitrogens with two attached hydrogens (primary N) is 1. The number of nitrogens with zero attached hydrogens (tertiary/aromatic N) is 1. The molecule has 114 valence electrons. The minimum atomic E-state index is -0.522. The van der Waals surface area contributed by atoms with Crippen molar-refractivity contribution in [1.82, 2.24) is 10.3 Å². The van der Waals surface area contributed by atoms with Gasteiger partial charge < -0.3 is 21.2 Å². The molecule has 1 saturated carbocycles. The van der Waals surface area contributed by atoms with Gasteiger partial charge >= 0.3 is 0 Å². The molecule has 7 nitrogen and oxygen atoms in total. The number of oxime groups is 1. The van der Waals surface area contributed by atoms with Crippen molar-refractivity contribution in [3.63, 3.8) is 0 Å².